The quantitative estimate of drug-likeness (QED) is 0.843. The lowest BCUT2D eigenvalue weighted by Crippen LogP contribution is -2.44. The molecule has 90 valence electrons. The number of nitrogens with one attached hydrogen (secondary N) is 1. The van der Waals surface area contributed by atoms with E-state index in [4.69, 9.17) is 0 Å². The number of aryl methyl sites for hydroxylation is 1. The van der Waals surface area contributed by atoms with Gasteiger partial charge >= 0.3 is 0 Å². The average molecular weight is 233 g/mol. The van der Waals surface area contributed by atoms with Crippen LogP contribution in [0.4, 0.5) is 4.39 Å². The van der Waals surface area contributed by atoms with E-state index < -0.39 is 0 Å². The first-order valence-corrected chi connectivity index (χ1v) is 5.83. The van der Waals surface area contributed by atoms with Crippen LogP contribution in [0.25, 0.3) is 0 Å². The van der Waals surface area contributed by atoms with Crippen molar-refractivity contribution in [1.82, 2.24) is 10.2 Å². The Labute approximate surface area is 101 Å². The van der Waals surface area contributed by atoms with Crippen LogP contribution < -0.4 is 5.32 Å². The average Bonchev–Trinajstić information content (AvgIpc) is 2.36. The smallest absolute Gasteiger partial charge is 0.126 e. The maximum atomic E-state index is 13.2. The van der Waals surface area contributed by atoms with E-state index in [0.29, 0.717) is 5.56 Å². The zero-order valence-corrected chi connectivity index (χ0v) is 9.91. The van der Waals surface area contributed by atoms with Gasteiger partial charge in [-0.15, -0.1) is 0 Å². The first-order chi connectivity index (χ1) is 8.22. The fourth-order valence-corrected chi connectivity index (χ4v) is 2.15. The molecule has 0 amide bonds. The Morgan fingerprint density at radius 2 is 2.12 bits per heavy atom. The maximum Gasteiger partial charge on any atom is 0.126 e. The van der Waals surface area contributed by atoms with Gasteiger partial charge in [0, 0.05) is 26.2 Å². The van der Waals surface area contributed by atoms with Gasteiger partial charge in [0.1, 0.15) is 11.9 Å². The molecule has 0 radical (unpaired) electrons. The Kier molecular flexibility index (Phi) is 3.72. The van der Waals surface area contributed by atoms with Crippen LogP contribution in [-0.4, -0.2) is 31.1 Å². The van der Waals surface area contributed by atoms with Crippen LogP contribution in [-0.2, 0) is 0 Å². The molecule has 1 N–H and O–H groups in total. The van der Waals surface area contributed by atoms with E-state index in [-0.39, 0.29) is 11.9 Å². The number of rotatable bonds is 2. The highest BCUT2D eigenvalue weighted by Gasteiger charge is 2.21. The van der Waals surface area contributed by atoms with Gasteiger partial charge in [-0.2, -0.15) is 5.26 Å². The summed E-state index contributed by atoms with van der Waals surface area (Å²) in [4.78, 5) is 2.13. The van der Waals surface area contributed by atoms with E-state index in [0.717, 1.165) is 31.7 Å². The van der Waals surface area contributed by atoms with Crippen molar-refractivity contribution in [2.24, 2.45) is 0 Å². The number of hydrogen-bond donors (Lipinski definition) is 1. The van der Waals surface area contributed by atoms with Crippen LogP contribution >= 0.6 is 0 Å². The number of piperazine rings is 1. The highest BCUT2D eigenvalue weighted by molar-refractivity contribution is 5.29. The predicted octanol–water partition coefficient (Wildman–Crippen LogP) is 1.60. The summed E-state index contributed by atoms with van der Waals surface area (Å²) < 4.78 is 13.2. The molecule has 1 unspecified atom stereocenters. The normalized spacial score (nSPS) is 18.6. The van der Waals surface area contributed by atoms with Crippen molar-refractivity contribution >= 4 is 0 Å². The first-order valence-electron chi connectivity index (χ1n) is 5.83. The molecule has 1 aliphatic rings. The van der Waals surface area contributed by atoms with Crippen molar-refractivity contribution in [1.29, 1.82) is 5.26 Å². The minimum absolute atomic E-state index is 0.217. The number of hydrogen-bond acceptors (Lipinski definition) is 3. The second-order valence-electron chi connectivity index (χ2n) is 4.33. The molecule has 1 aromatic rings. The number of benzene rings is 1. The second-order valence-corrected chi connectivity index (χ2v) is 4.33. The molecule has 3 nitrogen and oxygen atoms in total. The molecule has 1 heterocycles. The fourth-order valence-electron chi connectivity index (χ4n) is 2.15. The van der Waals surface area contributed by atoms with Gasteiger partial charge in [-0.05, 0) is 24.1 Å². The molecule has 0 spiro atoms. The molecular formula is C13H16FN3. The summed E-state index contributed by atoms with van der Waals surface area (Å²) in [7, 11) is 0. The summed E-state index contributed by atoms with van der Waals surface area (Å²) in [6.45, 7) is 5.24. The zero-order valence-electron chi connectivity index (χ0n) is 9.91. The molecule has 0 aromatic heterocycles. The summed E-state index contributed by atoms with van der Waals surface area (Å²) >= 11 is 0. The predicted molar refractivity (Wildman–Crippen MR) is 63.9 cm³/mol. The van der Waals surface area contributed by atoms with Crippen LogP contribution in [0.2, 0.25) is 0 Å². The van der Waals surface area contributed by atoms with Gasteiger partial charge < -0.3 is 5.32 Å². The van der Waals surface area contributed by atoms with E-state index in [1.165, 1.54) is 6.07 Å². The molecule has 1 aromatic carbocycles. The maximum absolute atomic E-state index is 13.2. The van der Waals surface area contributed by atoms with Crippen LogP contribution in [0, 0.1) is 24.1 Å². The first kappa shape index (κ1) is 12.0. The van der Waals surface area contributed by atoms with E-state index in [9.17, 15) is 9.65 Å². The van der Waals surface area contributed by atoms with Gasteiger partial charge in [0.2, 0.25) is 0 Å². The molecule has 4 heteroatoms. The van der Waals surface area contributed by atoms with Gasteiger partial charge in [-0.1, -0.05) is 12.1 Å². The lowest BCUT2D eigenvalue weighted by molar-refractivity contribution is 0.207. The molecule has 0 saturated carbocycles. The minimum Gasteiger partial charge on any atom is -0.314 e. The van der Waals surface area contributed by atoms with Gasteiger partial charge in [0.05, 0.1) is 6.07 Å². The molecule has 1 aliphatic heterocycles. The van der Waals surface area contributed by atoms with E-state index in [1.807, 2.05) is 0 Å². The zero-order chi connectivity index (χ0) is 12.3. The third-order valence-corrected chi connectivity index (χ3v) is 3.14. The minimum atomic E-state index is -0.267. The molecule has 0 bridgehead atoms. The molecular weight excluding hydrogens is 217 g/mol. The largest absolute Gasteiger partial charge is 0.314 e. The topological polar surface area (TPSA) is 39.1 Å². The Balaban J connectivity index is 2.22. The van der Waals surface area contributed by atoms with Crippen molar-refractivity contribution in [3.63, 3.8) is 0 Å². The molecule has 1 fully saturated rings. The van der Waals surface area contributed by atoms with Crippen molar-refractivity contribution in [3.05, 3.63) is 35.1 Å². The fraction of sp³-hybridized carbons (Fsp3) is 0.462. The Bertz CT molecular complexity index is 433. The second kappa shape index (κ2) is 5.26. The Morgan fingerprint density at radius 1 is 1.41 bits per heavy atom. The SMILES string of the molecule is Cc1cc(C(C#N)N2CCNCC2)ccc1F. The summed E-state index contributed by atoms with van der Waals surface area (Å²) in [5, 5.41) is 12.5. The standard InChI is InChI=1S/C13H16FN3/c1-10-8-11(2-3-12(10)14)13(9-15)17-6-4-16-5-7-17/h2-3,8,13,16H,4-7H2,1H3. The lowest BCUT2D eigenvalue weighted by Gasteiger charge is -2.31. The highest BCUT2D eigenvalue weighted by atomic mass is 19.1. The van der Waals surface area contributed by atoms with Crippen LogP contribution in [0.3, 0.4) is 0 Å². The Morgan fingerprint density at radius 3 is 2.71 bits per heavy atom. The van der Waals surface area contributed by atoms with Gasteiger partial charge in [-0.25, -0.2) is 4.39 Å². The third kappa shape index (κ3) is 2.63. The van der Waals surface area contributed by atoms with E-state index >= 15 is 0 Å². The number of nitrogens with zero attached hydrogens (tertiary/aromatic N) is 2. The monoisotopic (exact) mass is 233 g/mol. The van der Waals surface area contributed by atoms with E-state index in [2.05, 4.69) is 16.3 Å². The number of nitriles is 1. The summed E-state index contributed by atoms with van der Waals surface area (Å²) in [5.74, 6) is -0.217. The van der Waals surface area contributed by atoms with Crippen molar-refractivity contribution < 1.29 is 4.39 Å². The van der Waals surface area contributed by atoms with Crippen LogP contribution in [0.15, 0.2) is 18.2 Å². The third-order valence-electron chi connectivity index (χ3n) is 3.14. The number of halogens is 1. The highest BCUT2D eigenvalue weighted by Crippen LogP contribution is 2.22. The lowest BCUT2D eigenvalue weighted by atomic mass is 10.0. The molecule has 1 saturated heterocycles. The summed E-state index contributed by atoms with van der Waals surface area (Å²) in [6, 6.07) is 6.96. The van der Waals surface area contributed by atoms with Crippen LogP contribution in [0.1, 0.15) is 17.2 Å². The molecule has 2 rings (SSSR count). The molecule has 1 atom stereocenters. The van der Waals surface area contributed by atoms with Crippen molar-refractivity contribution in [3.8, 4) is 6.07 Å². The summed E-state index contributed by atoms with van der Waals surface area (Å²) in [6.07, 6.45) is 0. The molecule has 17 heavy (non-hydrogen) atoms. The van der Waals surface area contributed by atoms with E-state index in [1.54, 1.807) is 19.1 Å². The van der Waals surface area contributed by atoms with Crippen molar-refractivity contribution in [2.75, 3.05) is 26.2 Å². The Hall–Kier alpha value is -1.44. The van der Waals surface area contributed by atoms with Gasteiger partial charge in [0.25, 0.3) is 0 Å². The summed E-state index contributed by atoms with van der Waals surface area (Å²) in [5.41, 5.74) is 1.48. The molecule has 0 aliphatic carbocycles. The van der Waals surface area contributed by atoms with Gasteiger partial charge in [-0.3, -0.25) is 4.90 Å². The van der Waals surface area contributed by atoms with Crippen LogP contribution in [0.5, 0.6) is 0 Å². The van der Waals surface area contributed by atoms with Gasteiger partial charge in [0.15, 0.2) is 0 Å². The van der Waals surface area contributed by atoms with Crippen molar-refractivity contribution in [2.45, 2.75) is 13.0 Å².